The van der Waals surface area contributed by atoms with Crippen molar-refractivity contribution >= 4 is 17.2 Å². The highest BCUT2D eigenvalue weighted by atomic mass is 19.1. The van der Waals surface area contributed by atoms with Crippen LogP contribution in [0.4, 0.5) is 15.8 Å². The van der Waals surface area contributed by atoms with Crippen LogP contribution in [0.5, 0.6) is 5.75 Å². The minimum absolute atomic E-state index is 0.00834. The van der Waals surface area contributed by atoms with Crippen LogP contribution in [0.1, 0.15) is 22.5 Å². The molecule has 0 spiro atoms. The van der Waals surface area contributed by atoms with E-state index in [9.17, 15) is 9.18 Å². The van der Waals surface area contributed by atoms with Gasteiger partial charge in [-0.15, -0.1) is 0 Å². The second-order valence-corrected chi connectivity index (χ2v) is 7.51. The molecule has 31 heavy (non-hydrogen) atoms. The number of rotatable bonds is 8. The van der Waals surface area contributed by atoms with Gasteiger partial charge in [0.25, 0.3) is 0 Å². The average Bonchev–Trinajstić information content (AvgIpc) is 3.12. The van der Waals surface area contributed by atoms with Crippen LogP contribution in [0, 0.1) is 11.7 Å². The number of nitrogens with one attached hydrogen (secondary N) is 2. The summed E-state index contributed by atoms with van der Waals surface area (Å²) in [5, 5.41) is 3.25. The van der Waals surface area contributed by atoms with E-state index in [1.165, 1.54) is 12.1 Å². The first-order valence-electron chi connectivity index (χ1n) is 10.2. The highest BCUT2D eigenvalue weighted by molar-refractivity contribution is 6.07. The van der Waals surface area contributed by atoms with Gasteiger partial charge in [0, 0.05) is 36.7 Å². The van der Waals surface area contributed by atoms with Crippen LogP contribution in [-0.2, 0) is 11.2 Å². The maximum absolute atomic E-state index is 13.8. The molecule has 1 aliphatic carbocycles. The van der Waals surface area contributed by atoms with E-state index < -0.39 is 0 Å². The first-order chi connectivity index (χ1) is 15.1. The van der Waals surface area contributed by atoms with Gasteiger partial charge >= 0.3 is 0 Å². The van der Waals surface area contributed by atoms with Crippen molar-refractivity contribution in [2.45, 2.75) is 12.8 Å². The number of carbonyl (C=O) groups is 1. The topological polar surface area (TPSA) is 102 Å². The maximum atomic E-state index is 13.8. The lowest BCUT2D eigenvalue weighted by molar-refractivity contribution is 0.0951. The number of pyridine rings is 1. The molecule has 7 nitrogen and oxygen atoms in total. The number of ether oxygens (including phenoxy) is 2. The smallest absolute Gasteiger partial charge is 0.167 e. The molecule has 0 bridgehead atoms. The number of hydrogen-bond acceptors (Lipinski definition) is 6. The number of halogens is 1. The third-order valence-corrected chi connectivity index (χ3v) is 5.35. The first kappa shape index (κ1) is 21.0. The lowest BCUT2D eigenvalue weighted by Gasteiger charge is -2.20. The monoisotopic (exact) mass is 424 g/mol. The summed E-state index contributed by atoms with van der Waals surface area (Å²) in [5.41, 5.74) is 9.84. The van der Waals surface area contributed by atoms with Crippen molar-refractivity contribution in [2.75, 3.05) is 32.2 Å². The Kier molecular flexibility index (Phi) is 6.29. The number of methoxy groups -OCH3 is 1. The number of aromatic amines is 1. The molecule has 1 aromatic carbocycles. The summed E-state index contributed by atoms with van der Waals surface area (Å²) in [6, 6.07) is 7.96. The van der Waals surface area contributed by atoms with Crippen LogP contribution in [0.3, 0.4) is 0 Å². The summed E-state index contributed by atoms with van der Waals surface area (Å²) in [7, 11) is 1.60. The SMILES string of the molecule is COCCOc1cnccc1-c1[nH]c2c(c1Nc1cccc(F)c1)C(=O)CC(CN)C2. The van der Waals surface area contributed by atoms with E-state index in [1.54, 1.807) is 31.6 Å². The standard InChI is InChI=1S/C23H25FN4O3/c1-30-7-8-31-20-13-26-6-5-17(20)22-23(27-16-4-2-3-15(24)11-16)21-18(28-22)9-14(12-25)10-19(21)29/h2-6,11,13-14,27-28H,7-10,12,25H2,1H3. The van der Waals surface area contributed by atoms with E-state index >= 15 is 0 Å². The fourth-order valence-corrected chi connectivity index (χ4v) is 3.88. The molecule has 0 radical (unpaired) electrons. The molecular weight excluding hydrogens is 399 g/mol. The number of benzene rings is 1. The zero-order chi connectivity index (χ0) is 21.8. The molecule has 4 N–H and O–H groups in total. The molecule has 0 amide bonds. The Morgan fingerprint density at radius 3 is 2.94 bits per heavy atom. The summed E-state index contributed by atoms with van der Waals surface area (Å²) in [6.07, 6.45) is 4.34. The molecule has 1 aliphatic rings. The molecule has 0 aliphatic heterocycles. The third kappa shape index (κ3) is 4.45. The second-order valence-electron chi connectivity index (χ2n) is 7.51. The van der Waals surface area contributed by atoms with Crippen LogP contribution in [0.2, 0.25) is 0 Å². The number of ketones is 1. The molecule has 0 fully saturated rings. The van der Waals surface area contributed by atoms with Gasteiger partial charge in [-0.2, -0.15) is 0 Å². The van der Waals surface area contributed by atoms with E-state index in [0.29, 0.717) is 61.0 Å². The molecule has 162 valence electrons. The summed E-state index contributed by atoms with van der Waals surface area (Å²) in [5.74, 6) is 0.290. The largest absolute Gasteiger partial charge is 0.489 e. The molecule has 2 aromatic heterocycles. The predicted octanol–water partition coefficient (Wildman–Crippen LogP) is 3.69. The van der Waals surface area contributed by atoms with Crippen molar-refractivity contribution in [1.82, 2.24) is 9.97 Å². The van der Waals surface area contributed by atoms with Crippen molar-refractivity contribution in [3.8, 4) is 17.0 Å². The fourth-order valence-electron chi connectivity index (χ4n) is 3.88. The van der Waals surface area contributed by atoms with E-state index in [1.807, 2.05) is 6.07 Å². The van der Waals surface area contributed by atoms with Crippen molar-refractivity contribution in [3.05, 3.63) is 59.8 Å². The minimum atomic E-state index is -0.363. The number of nitrogens with two attached hydrogens (primary N) is 1. The van der Waals surface area contributed by atoms with E-state index in [2.05, 4.69) is 15.3 Å². The summed E-state index contributed by atoms with van der Waals surface area (Å²) >= 11 is 0. The van der Waals surface area contributed by atoms with Crippen LogP contribution in [0.15, 0.2) is 42.7 Å². The zero-order valence-corrected chi connectivity index (χ0v) is 17.3. The summed E-state index contributed by atoms with van der Waals surface area (Å²) < 4.78 is 24.7. The Bertz CT molecular complexity index is 1080. The molecule has 2 heterocycles. The number of fused-ring (bicyclic) bond motifs is 1. The Labute approximate surface area is 179 Å². The highest BCUT2D eigenvalue weighted by Crippen LogP contribution is 2.42. The molecule has 1 unspecified atom stereocenters. The van der Waals surface area contributed by atoms with Gasteiger partial charge in [0.1, 0.15) is 18.2 Å². The Morgan fingerprint density at radius 1 is 1.29 bits per heavy atom. The quantitative estimate of drug-likeness (QED) is 0.477. The normalized spacial score (nSPS) is 15.6. The van der Waals surface area contributed by atoms with Crippen LogP contribution in [0.25, 0.3) is 11.3 Å². The molecule has 0 saturated carbocycles. The van der Waals surface area contributed by atoms with Gasteiger partial charge in [0.05, 0.1) is 29.7 Å². The van der Waals surface area contributed by atoms with Crippen LogP contribution >= 0.6 is 0 Å². The Morgan fingerprint density at radius 2 is 2.16 bits per heavy atom. The number of aromatic nitrogens is 2. The third-order valence-electron chi connectivity index (χ3n) is 5.35. The van der Waals surface area contributed by atoms with Crippen molar-refractivity contribution in [1.29, 1.82) is 0 Å². The second kappa shape index (κ2) is 9.28. The minimum Gasteiger partial charge on any atom is -0.489 e. The molecule has 0 saturated heterocycles. The van der Waals surface area contributed by atoms with E-state index in [4.69, 9.17) is 15.2 Å². The molecule has 4 rings (SSSR count). The molecule has 1 atom stereocenters. The maximum Gasteiger partial charge on any atom is 0.167 e. The summed E-state index contributed by atoms with van der Waals surface area (Å²) in [6.45, 7) is 1.23. The number of nitrogens with zero attached hydrogens (tertiary/aromatic N) is 1. The Balaban J connectivity index is 1.82. The van der Waals surface area contributed by atoms with E-state index in [0.717, 1.165) is 11.3 Å². The fraction of sp³-hybridized carbons (Fsp3) is 0.304. The van der Waals surface area contributed by atoms with Crippen molar-refractivity contribution in [3.63, 3.8) is 0 Å². The van der Waals surface area contributed by atoms with Crippen LogP contribution in [-0.4, -0.2) is 42.6 Å². The number of carbonyl (C=O) groups excluding carboxylic acids is 1. The van der Waals surface area contributed by atoms with Gasteiger partial charge in [0.2, 0.25) is 0 Å². The van der Waals surface area contributed by atoms with Gasteiger partial charge in [0.15, 0.2) is 5.78 Å². The average molecular weight is 424 g/mol. The van der Waals surface area contributed by atoms with Crippen molar-refractivity contribution in [2.24, 2.45) is 11.7 Å². The lowest BCUT2D eigenvalue weighted by atomic mass is 9.86. The zero-order valence-electron chi connectivity index (χ0n) is 17.3. The number of Topliss-reactive ketones (excluding diaryl/α,β-unsaturated/α-hetero) is 1. The Hall–Kier alpha value is -3.23. The first-order valence-corrected chi connectivity index (χ1v) is 10.2. The summed E-state index contributed by atoms with van der Waals surface area (Å²) in [4.78, 5) is 20.6. The van der Waals surface area contributed by atoms with Gasteiger partial charge < -0.3 is 25.5 Å². The number of anilines is 2. The molecule has 8 heteroatoms. The van der Waals surface area contributed by atoms with Gasteiger partial charge in [-0.3, -0.25) is 9.78 Å². The molecule has 3 aromatic rings. The van der Waals surface area contributed by atoms with Gasteiger partial charge in [-0.05, 0) is 43.1 Å². The van der Waals surface area contributed by atoms with Crippen LogP contribution < -0.4 is 15.8 Å². The van der Waals surface area contributed by atoms with E-state index in [-0.39, 0.29) is 17.5 Å². The highest BCUT2D eigenvalue weighted by Gasteiger charge is 2.32. The number of H-pyrrole nitrogens is 1. The predicted molar refractivity (Wildman–Crippen MR) is 116 cm³/mol. The van der Waals surface area contributed by atoms with Gasteiger partial charge in [-0.25, -0.2) is 4.39 Å². The van der Waals surface area contributed by atoms with Gasteiger partial charge in [-0.1, -0.05) is 6.07 Å². The lowest BCUT2D eigenvalue weighted by Crippen LogP contribution is -2.26. The molecular formula is C23H25FN4O3. The number of hydrogen-bond donors (Lipinski definition) is 3. The van der Waals surface area contributed by atoms with Crippen molar-refractivity contribution < 1.29 is 18.7 Å².